The van der Waals surface area contributed by atoms with Crippen LogP contribution in [0.3, 0.4) is 0 Å². The van der Waals surface area contributed by atoms with E-state index in [0.29, 0.717) is 0 Å². The molecule has 0 rings (SSSR count). The molecule has 102 valence electrons. The van der Waals surface area contributed by atoms with Gasteiger partial charge in [0, 0.05) is 6.42 Å². The largest absolute Gasteiger partial charge is 0.481 e. The zero-order chi connectivity index (χ0) is 14.3. The Bertz CT molecular complexity index is 355. The van der Waals surface area contributed by atoms with Gasteiger partial charge in [-0.05, 0) is 6.42 Å². The van der Waals surface area contributed by atoms with E-state index in [1.807, 2.05) is 5.32 Å². The van der Waals surface area contributed by atoms with Gasteiger partial charge in [-0.1, -0.05) is 0 Å². The normalized spacial score (nSPS) is 13.4. The lowest BCUT2D eigenvalue weighted by Gasteiger charge is -2.12. The number of aliphatic carboxylic acids is 3. The molecule has 0 radical (unpaired) electrons. The number of carboxylic acids is 3. The number of hydrogen-bond donors (Lipinski definition) is 5. The van der Waals surface area contributed by atoms with Crippen LogP contribution in [0.15, 0.2) is 0 Å². The molecule has 0 bridgehead atoms. The number of carboxylic acid groups (broad SMARTS) is 3. The van der Waals surface area contributed by atoms with E-state index in [-0.39, 0.29) is 12.8 Å². The summed E-state index contributed by atoms with van der Waals surface area (Å²) in [6.45, 7) is 0. The van der Waals surface area contributed by atoms with Crippen LogP contribution in [0.1, 0.15) is 19.3 Å². The third-order valence-corrected chi connectivity index (χ3v) is 2.01. The lowest BCUT2D eigenvalue weighted by molar-refractivity contribution is -0.147. The fourth-order valence-electron chi connectivity index (χ4n) is 1.05. The zero-order valence-electron chi connectivity index (χ0n) is 9.33. The van der Waals surface area contributed by atoms with Crippen LogP contribution in [0, 0.1) is 0 Å². The number of amides is 1. The number of rotatable bonds is 8. The molecule has 0 saturated heterocycles. The minimum absolute atomic E-state index is 0.166. The van der Waals surface area contributed by atoms with Gasteiger partial charge >= 0.3 is 17.9 Å². The first-order chi connectivity index (χ1) is 8.23. The van der Waals surface area contributed by atoms with E-state index < -0.39 is 42.3 Å². The highest BCUT2D eigenvalue weighted by Gasteiger charge is 2.23. The summed E-state index contributed by atoms with van der Waals surface area (Å²) in [7, 11) is 0. The monoisotopic (exact) mass is 262 g/mol. The van der Waals surface area contributed by atoms with Crippen LogP contribution < -0.4 is 11.1 Å². The van der Waals surface area contributed by atoms with E-state index >= 15 is 0 Å². The quantitative estimate of drug-likeness (QED) is 0.342. The molecule has 0 aromatic rings. The highest BCUT2D eigenvalue weighted by Crippen LogP contribution is 1.98. The maximum absolute atomic E-state index is 11.3. The van der Waals surface area contributed by atoms with Crippen molar-refractivity contribution in [3.8, 4) is 0 Å². The lowest BCUT2D eigenvalue weighted by Crippen LogP contribution is -2.43. The Hall–Kier alpha value is -2.16. The van der Waals surface area contributed by atoms with Crippen LogP contribution in [0.2, 0.25) is 0 Å². The smallest absolute Gasteiger partial charge is 0.326 e. The highest BCUT2D eigenvalue weighted by atomic mass is 16.4. The molecule has 0 aromatic heterocycles. The molecule has 1 amide bonds. The van der Waals surface area contributed by atoms with E-state index in [9.17, 15) is 19.2 Å². The molecule has 0 unspecified atom stereocenters. The minimum Gasteiger partial charge on any atom is -0.481 e. The summed E-state index contributed by atoms with van der Waals surface area (Å²) in [6.07, 6.45) is -1.22. The molecule has 0 aliphatic rings. The van der Waals surface area contributed by atoms with Gasteiger partial charge in [0.2, 0.25) is 5.91 Å². The predicted octanol–water partition coefficient (Wildman–Crippen LogP) is -1.78. The fourth-order valence-corrected chi connectivity index (χ4v) is 1.05. The van der Waals surface area contributed by atoms with Crippen LogP contribution in [-0.2, 0) is 19.2 Å². The van der Waals surface area contributed by atoms with E-state index in [4.69, 9.17) is 21.1 Å². The van der Waals surface area contributed by atoms with Gasteiger partial charge < -0.3 is 26.4 Å². The predicted molar refractivity (Wildman–Crippen MR) is 56.7 cm³/mol. The average molecular weight is 262 g/mol. The molecule has 0 aromatic carbocycles. The molecular weight excluding hydrogens is 248 g/mol. The summed E-state index contributed by atoms with van der Waals surface area (Å²) < 4.78 is 0. The van der Waals surface area contributed by atoms with Crippen molar-refractivity contribution < 1.29 is 34.5 Å². The van der Waals surface area contributed by atoms with Gasteiger partial charge in [0.1, 0.15) is 12.1 Å². The van der Waals surface area contributed by atoms with Crippen molar-refractivity contribution in [1.29, 1.82) is 0 Å². The van der Waals surface area contributed by atoms with Gasteiger partial charge in [-0.2, -0.15) is 0 Å². The van der Waals surface area contributed by atoms with Crippen LogP contribution in [-0.4, -0.2) is 51.2 Å². The van der Waals surface area contributed by atoms with Gasteiger partial charge in [0.15, 0.2) is 0 Å². The first-order valence-electron chi connectivity index (χ1n) is 4.96. The van der Waals surface area contributed by atoms with Crippen LogP contribution >= 0.6 is 0 Å². The second-order valence-electron chi connectivity index (χ2n) is 3.54. The summed E-state index contributed by atoms with van der Waals surface area (Å²) in [5.74, 6) is -4.89. The molecule has 18 heavy (non-hydrogen) atoms. The third kappa shape index (κ3) is 6.43. The Balaban J connectivity index is 4.22. The van der Waals surface area contributed by atoms with Crippen molar-refractivity contribution >= 4 is 23.8 Å². The molecule has 0 aliphatic carbocycles. The average Bonchev–Trinajstić information content (AvgIpc) is 2.23. The Morgan fingerprint density at radius 2 is 1.61 bits per heavy atom. The Morgan fingerprint density at radius 3 is 2.00 bits per heavy atom. The molecule has 0 heterocycles. The molecule has 9 heteroatoms. The van der Waals surface area contributed by atoms with Gasteiger partial charge in [0.25, 0.3) is 0 Å². The van der Waals surface area contributed by atoms with Gasteiger partial charge in [-0.15, -0.1) is 0 Å². The summed E-state index contributed by atoms with van der Waals surface area (Å²) >= 11 is 0. The second kappa shape index (κ2) is 7.22. The molecule has 0 saturated carbocycles. The van der Waals surface area contributed by atoms with Crippen molar-refractivity contribution in [1.82, 2.24) is 5.32 Å². The van der Waals surface area contributed by atoms with E-state index in [1.54, 1.807) is 0 Å². The maximum Gasteiger partial charge on any atom is 0.326 e. The molecule has 6 N–H and O–H groups in total. The Morgan fingerprint density at radius 1 is 1.06 bits per heavy atom. The Kier molecular flexibility index (Phi) is 6.35. The van der Waals surface area contributed by atoms with Crippen molar-refractivity contribution in [2.24, 2.45) is 5.73 Å². The summed E-state index contributed by atoms with van der Waals surface area (Å²) in [4.78, 5) is 42.6. The molecular formula is C9H14N2O7. The highest BCUT2D eigenvalue weighted by molar-refractivity contribution is 5.87. The Labute approximate surface area is 102 Å². The summed E-state index contributed by atoms with van der Waals surface area (Å²) in [5.41, 5.74) is 5.15. The molecule has 9 nitrogen and oxygen atoms in total. The van der Waals surface area contributed by atoms with Crippen molar-refractivity contribution in [2.75, 3.05) is 0 Å². The van der Waals surface area contributed by atoms with E-state index in [2.05, 4.69) is 0 Å². The van der Waals surface area contributed by atoms with Crippen molar-refractivity contribution in [2.45, 2.75) is 31.3 Å². The van der Waals surface area contributed by atoms with Crippen LogP contribution in [0.4, 0.5) is 0 Å². The molecule has 0 aliphatic heterocycles. The SMILES string of the molecule is N[C@@H](CCC(=O)N[C@H](CC(=O)O)C(=O)O)C(=O)O. The molecule has 0 fully saturated rings. The summed E-state index contributed by atoms with van der Waals surface area (Å²) in [5, 5.41) is 27.5. The minimum atomic E-state index is -1.55. The molecule has 0 spiro atoms. The first kappa shape index (κ1) is 15.8. The number of nitrogens with one attached hydrogen (secondary N) is 1. The van der Waals surface area contributed by atoms with E-state index in [0.717, 1.165) is 0 Å². The topological polar surface area (TPSA) is 167 Å². The number of carbonyl (C=O) groups excluding carboxylic acids is 1. The van der Waals surface area contributed by atoms with Gasteiger partial charge in [-0.3, -0.25) is 14.4 Å². The summed E-state index contributed by atoms with van der Waals surface area (Å²) in [6, 6.07) is -2.77. The fraction of sp³-hybridized carbons (Fsp3) is 0.556. The standard InChI is InChI=1S/C9H14N2O7/c10-4(8(15)16)1-2-6(12)11-5(9(17)18)3-7(13)14/h4-5H,1-3,10H2,(H,11,12)(H,13,14)(H,15,16)(H,17,18)/t4-,5+/m0/s1. The lowest BCUT2D eigenvalue weighted by atomic mass is 10.1. The number of carbonyl (C=O) groups is 4. The van der Waals surface area contributed by atoms with Gasteiger partial charge in [-0.25, -0.2) is 4.79 Å². The third-order valence-electron chi connectivity index (χ3n) is 2.01. The number of hydrogen-bond acceptors (Lipinski definition) is 5. The van der Waals surface area contributed by atoms with Crippen molar-refractivity contribution in [3.63, 3.8) is 0 Å². The number of nitrogens with two attached hydrogens (primary N) is 1. The maximum atomic E-state index is 11.3. The van der Waals surface area contributed by atoms with Gasteiger partial charge in [0.05, 0.1) is 6.42 Å². The van der Waals surface area contributed by atoms with Crippen LogP contribution in [0.5, 0.6) is 0 Å². The van der Waals surface area contributed by atoms with Crippen LogP contribution in [0.25, 0.3) is 0 Å². The zero-order valence-corrected chi connectivity index (χ0v) is 9.33. The second-order valence-corrected chi connectivity index (χ2v) is 3.54. The first-order valence-corrected chi connectivity index (χ1v) is 4.96. The van der Waals surface area contributed by atoms with Crippen molar-refractivity contribution in [3.05, 3.63) is 0 Å². The molecule has 2 atom stereocenters. The van der Waals surface area contributed by atoms with E-state index in [1.165, 1.54) is 0 Å².